The average Bonchev–Trinajstić information content (AvgIpc) is 3.21. The fourth-order valence-corrected chi connectivity index (χ4v) is 7.08. The smallest absolute Gasteiger partial charge is 0.0383 e. The molecule has 0 aromatic heterocycles. The second-order valence-corrected chi connectivity index (χ2v) is 10.5. The molecule has 146 valence electrons. The van der Waals surface area contributed by atoms with Crippen LogP contribution in [-0.4, -0.2) is 0 Å². The minimum atomic E-state index is 0.980. The predicted octanol–water partition coefficient (Wildman–Crippen LogP) is 8.25. The molecule has 0 heterocycles. The van der Waals surface area contributed by atoms with Gasteiger partial charge in [-0.3, -0.25) is 0 Å². The molecule has 0 aromatic rings. The average molecular weight is 347 g/mol. The first kappa shape index (κ1) is 19.8. The molecular formula is C25H46. The minimum Gasteiger partial charge on any atom is -0.0654 e. The van der Waals surface area contributed by atoms with E-state index in [0.29, 0.717) is 0 Å². The maximum absolute atomic E-state index is 2.55. The fraction of sp³-hybridized carbons (Fsp3) is 1.00. The highest BCUT2D eigenvalue weighted by molar-refractivity contribution is 4.86. The lowest BCUT2D eigenvalue weighted by Crippen LogP contribution is -2.12. The van der Waals surface area contributed by atoms with Crippen LogP contribution in [-0.2, 0) is 0 Å². The van der Waals surface area contributed by atoms with Crippen LogP contribution in [0.25, 0.3) is 0 Å². The van der Waals surface area contributed by atoms with Gasteiger partial charge in [-0.2, -0.15) is 0 Å². The zero-order chi connectivity index (χ0) is 17.6. The van der Waals surface area contributed by atoms with E-state index in [2.05, 4.69) is 20.8 Å². The van der Waals surface area contributed by atoms with Gasteiger partial charge in [0.2, 0.25) is 0 Å². The van der Waals surface area contributed by atoms with Gasteiger partial charge >= 0.3 is 0 Å². The third kappa shape index (κ3) is 5.49. The summed E-state index contributed by atoms with van der Waals surface area (Å²) < 4.78 is 0. The summed E-state index contributed by atoms with van der Waals surface area (Å²) in [5.74, 6) is 7.54. The molecule has 0 aliphatic heterocycles. The third-order valence-electron chi connectivity index (χ3n) is 8.60. The van der Waals surface area contributed by atoms with Crippen molar-refractivity contribution >= 4 is 0 Å². The molecule has 3 saturated carbocycles. The van der Waals surface area contributed by atoms with Gasteiger partial charge in [0.05, 0.1) is 0 Å². The first-order chi connectivity index (χ1) is 12.2. The lowest BCUT2D eigenvalue weighted by Gasteiger charge is -2.24. The van der Waals surface area contributed by atoms with Crippen LogP contribution in [0.3, 0.4) is 0 Å². The van der Waals surface area contributed by atoms with Gasteiger partial charge in [0, 0.05) is 0 Å². The van der Waals surface area contributed by atoms with Crippen LogP contribution in [0.15, 0.2) is 0 Å². The summed E-state index contributed by atoms with van der Waals surface area (Å²) in [4.78, 5) is 0. The first-order valence-electron chi connectivity index (χ1n) is 12.2. The van der Waals surface area contributed by atoms with E-state index in [-0.39, 0.29) is 0 Å². The summed E-state index contributed by atoms with van der Waals surface area (Å²) in [6.07, 6.45) is 22.9. The third-order valence-corrected chi connectivity index (χ3v) is 8.60. The Hall–Kier alpha value is 0. The highest BCUT2D eigenvalue weighted by Crippen LogP contribution is 2.47. The molecule has 3 aliphatic carbocycles. The van der Waals surface area contributed by atoms with E-state index in [1.165, 1.54) is 51.4 Å². The molecule has 3 aliphatic rings. The molecule has 3 fully saturated rings. The molecule has 0 radical (unpaired) electrons. The number of hydrogen-bond donors (Lipinski definition) is 0. The molecule has 0 heteroatoms. The second-order valence-electron chi connectivity index (χ2n) is 10.5. The van der Waals surface area contributed by atoms with E-state index in [9.17, 15) is 0 Å². The Bertz CT molecular complexity index is 358. The van der Waals surface area contributed by atoms with Crippen molar-refractivity contribution in [2.45, 2.75) is 117 Å². The van der Waals surface area contributed by atoms with Crippen LogP contribution < -0.4 is 0 Å². The van der Waals surface area contributed by atoms with E-state index in [1.807, 2.05) is 0 Å². The van der Waals surface area contributed by atoms with Crippen LogP contribution in [0.5, 0.6) is 0 Å². The van der Waals surface area contributed by atoms with E-state index in [1.54, 1.807) is 44.9 Å². The van der Waals surface area contributed by atoms with Crippen LogP contribution >= 0.6 is 0 Å². The lowest BCUT2D eigenvalue weighted by molar-refractivity contribution is 0.277. The second kappa shape index (κ2) is 9.80. The Morgan fingerprint density at radius 3 is 1.84 bits per heavy atom. The summed E-state index contributed by atoms with van der Waals surface area (Å²) in [7, 11) is 0. The fourth-order valence-electron chi connectivity index (χ4n) is 7.08. The van der Waals surface area contributed by atoms with E-state index in [0.717, 1.165) is 41.4 Å². The van der Waals surface area contributed by atoms with Crippen molar-refractivity contribution in [1.82, 2.24) is 0 Å². The minimum absolute atomic E-state index is 0.980. The lowest BCUT2D eigenvalue weighted by atomic mass is 9.82. The van der Waals surface area contributed by atoms with Gasteiger partial charge in [-0.25, -0.2) is 0 Å². The molecule has 0 saturated heterocycles. The van der Waals surface area contributed by atoms with Crippen molar-refractivity contribution in [2.24, 2.45) is 41.4 Å². The van der Waals surface area contributed by atoms with E-state index < -0.39 is 0 Å². The maximum atomic E-state index is 2.55. The van der Waals surface area contributed by atoms with Gasteiger partial charge in [0.15, 0.2) is 0 Å². The molecule has 0 aromatic carbocycles. The van der Waals surface area contributed by atoms with Gasteiger partial charge in [-0.1, -0.05) is 91.4 Å². The number of hydrogen-bond acceptors (Lipinski definition) is 0. The van der Waals surface area contributed by atoms with Gasteiger partial charge < -0.3 is 0 Å². The Balaban J connectivity index is 1.31. The van der Waals surface area contributed by atoms with Gasteiger partial charge in [-0.15, -0.1) is 0 Å². The van der Waals surface area contributed by atoms with Crippen molar-refractivity contribution < 1.29 is 0 Å². The summed E-state index contributed by atoms with van der Waals surface area (Å²) in [6, 6.07) is 0. The SMILES string of the molecule is CCCC1CC(CCC(C)CCC2CC3CCCCC3C2)CC1CC. The number of fused-ring (bicyclic) bond motifs is 1. The molecule has 0 bridgehead atoms. The molecule has 6 atom stereocenters. The summed E-state index contributed by atoms with van der Waals surface area (Å²) in [5, 5.41) is 0. The molecule has 0 amide bonds. The Morgan fingerprint density at radius 2 is 1.28 bits per heavy atom. The highest BCUT2D eigenvalue weighted by Gasteiger charge is 2.35. The molecule has 6 unspecified atom stereocenters. The standard InChI is InChI=1S/C25H46/c1-4-8-23-16-20(15-22(23)5-2)13-11-19(3)12-14-21-17-24-9-6-7-10-25(24)18-21/h19-25H,4-18H2,1-3H3. The van der Waals surface area contributed by atoms with Crippen LogP contribution in [0.4, 0.5) is 0 Å². The van der Waals surface area contributed by atoms with Crippen molar-refractivity contribution in [2.75, 3.05) is 0 Å². The molecular weight excluding hydrogens is 300 g/mol. The molecule has 0 spiro atoms. The van der Waals surface area contributed by atoms with Gasteiger partial charge in [0.1, 0.15) is 0 Å². The Morgan fingerprint density at radius 1 is 0.720 bits per heavy atom. The quantitative estimate of drug-likeness (QED) is 0.394. The van der Waals surface area contributed by atoms with Gasteiger partial charge in [-0.05, 0) is 67.1 Å². The Labute approximate surface area is 158 Å². The zero-order valence-corrected chi connectivity index (χ0v) is 17.6. The summed E-state index contributed by atoms with van der Waals surface area (Å²) in [5.41, 5.74) is 0. The number of rotatable bonds is 9. The topological polar surface area (TPSA) is 0 Å². The molecule has 0 N–H and O–H groups in total. The molecule has 0 nitrogen and oxygen atoms in total. The first-order valence-corrected chi connectivity index (χ1v) is 12.2. The molecule has 25 heavy (non-hydrogen) atoms. The summed E-state index contributed by atoms with van der Waals surface area (Å²) in [6.45, 7) is 7.36. The monoisotopic (exact) mass is 346 g/mol. The highest BCUT2D eigenvalue weighted by atomic mass is 14.4. The van der Waals surface area contributed by atoms with Gasteiger partial charge in [0.25, 0.3) is 0 Å². The van der Waals surface area contributed by atoms with E-state index in [4.69, 9.17) is 0 Å². The zero-order valence-electron chi connectivity index (χ0n) is 17.6. The molecule has 3 rings (SSSR count). The predicted molar refractivity (Wildman–Crippen MR) is 111 cm³/mol. The van der Waals surface area contributed by atoms with Crippen LogP contribution in [0.2, 0.25) is 0 Å². The van der Waals surface area contributed by atoms with Crippen molar-refractivity contribution in [1.29, 1.82) is 0 Å². The normalized spacial score (nSPS) is 39.5. The van der Waals surface area contributed by atoms with Crippen molar-refractivity contribution in [3.63, 3.8) is 0 Å². The van der Waals surface area contributed by atoms with Crippen LogP contribution in [0, 0.1) is 41.4 Å². The van der Waals surface area contributed by atoms with E-state index >= 15 is 0 Å². The largest absolute Gasteiger partial charge is 0.0654 e. The maximum Gasteiger partial charge on any atom is -0.0383 e. The van der Waals surface area contributed by atoms with Crippen molar-refractivity contribution in [3.8, 4) is 0 Å². The van der Waals surface area contributed by atoms with Crippen molar-refractivity contribution in [3.05, 3.63) is 0 Å². The van der Waals surface area contributed by atoms with Crippen LogP contribution in [0.1, 0.15) is 117 Å². The Kier molecular flexibility index (Phi) is 7.74. The summed E-state index contributed by atoms with van der Waals surface area (Å²) >= 11 is 0.